The van der Waals surface area contributed by atoms with Gasteiger partial charge in [0.05, 0.1) is 0 Å². The molecule has 138 valence electrons. The van der Waals surface area contributed by atoms with Crippen molar-refractivity contribution in [2.24, 2.45) is 4.99 Å². The SMILES string of the molecule is CCNC(=NCCCn1cccn1)NCCc1cccc(F)c1F.I. The third kappa shape index (κ3) is 7.37. The number of benzene rings is 1. The van der Waals surface area contributed by atoms with Gasteiger partial charge in [-0.1, -0.05) is 12.1 Å². The third-order valence-corrected chi connectivity index (χ3v) is 3.44. The Balaban J connectivity index is 0.00000312. The molecule has 0 fully saturated rings. The van der Waals surface area contributed by atoms with Crippen LogP contribution in [-0.4, -0.2) is 35.4 Å². The van der Waals surface area contributed by atoms with Crippen LogP contribution in [0.5, 0.6) is 0 Å². The summed E-state index contributed by atoms with van der Waals surface area (Å²) >= 11 is 0. The highest BCUT2D eigenvalue weighted by atomic mass is 127. The zero-order valence-corrected chi connectivity index (χ0v) is 16.5. The molecule has 8 heteroatoms. The number of hydrogen-bond donors (Lipinski definition) is 2. The van der Waals surface area contributed by atoms with Crippen LogP contribution in [0.2, 0.25) is 0 Å². The molecule has 0 aliphatic carbocycles. The zero-order valence-electron chi connectivity index (χ0n) is 14.2. The Kier molecular flexibility index (Phi) is 10.0. The lowest BCUT2D eigenvalue weighted by molar-refractivity contribution is 0.498. The van der Waals surface area contributed by atoms with Crippen LogP contribution in [0.3, 0.4) is 0 Å². The van der Waals surface area contributed by atoms with Gasteiger partial charge in [-0.2, -0.15) is 5.10 Å². The first-order valence-electron chi connectivity index (χ1n) is 8.13. The van der Waals surface area contributed by atoms with Crippen LogP contribution in [0.1, 0.15) is 18.9 Å². The quantitative estimate of drug-likeness (QED) is 0.274. The van der Waals surface area contributed by atoms with Gasteiger partial charge in [-0.05, 0) is 37.5 Å². The molecule has 0 saturated carbocycles. The van der Waals surface area contributed by atoms with Gasteiger partial charge in [0.25, 0.3) is 0 Å². The van der Waals surface area contributed by atoms with Crippen LogP contribution < -0.4 is 10.6 Å². The van der Waals surface area contributed by atoms with Crippen LogP contribution in [0.15, 0.2) is 41.7 Å². The first-order chi connectivity index (χ1) is 11.7. The van der Waals surface area contributed by atoms with Crippen LogP contribution in [0.25, 0.3) is 0 Å². The van der Waals surface area contributed by atoms with E-state index < -0.39 is 11.6 Å². The smallest absolute Gasteiger partial charge is 0.191 e. The number of aromatic nitrogens is 2. The molecular weight excluding hydrogens is 439 g/mol. The van der Waals surface area contributed by atoms with Gasteiger partial charge in [0.1, 0.15) is 0 Å². The second-order valence-corrected chi connectivity index (χ2v) is 5.27. The number of hydrogen-bond acceptors (Lipinski definition) is 2. The van der Waals surface area contributed by atoms with E-state index >= 15 is 0 Å². The summed E-state index contributed by atoms with van der Waals surface area (Å²) in [5.41, 5.74) is 0.358. The first-order valence-corrected chi connectivity index (χ1v) is 8.13. The van der Waals surface area contributed by atoms with E-state index in [1.165, 1.54) is 6.07 Å². The van der Waals surface area contributed by atoms with Crippen molar-refractivity contribution in [2.75, 3.05) is 19.6 Å². The maximum absolute atomic E-state index is 13.6. The van der Waals surface area contributed by atoms with Gasteiger partial charge in [0.2, 0.25) is 0 Å². The topological polar surface area (TPSA) is 54.2 Å². The van der Waals surface area contributed by atoms with Crippen molar-refractivity contribution >= 4 is 29.9 Å². The average molecular weight is 463 g/mol. The molecule has 5 nitrogen and oxygen atoms in total. The van der Waals surface area contributed by atoms with Crippen LogP contribution in [0.4, 0.5) is 8.78 Å². The zero-order chi connectivity index (χ0) is 17.2. The van der Waals surface area contributed by atoms with Crippen molar-refractivity contribution in [3.05, 3.63) is 53.9 Å². The number of aryl methyl sites for hydroxylation is 1. The van der Waals surface area contributed by atoms with E-state index in [-0.39, 0.29) is 24.0 Å². The summed E-state index contributed by atoms with van der Waals surface area (Å²) in [4.78, 5) is 4.47. The fraction of sp³-hybridized carbons (Fsp3) is 0.412. The second-order valence-electron chi connectivity index (χ2n) is 5.27. The monoisotopic (exact) mass is 463 g/mol. The minimum absolute atomic E-state index is 0. The molecule has 2 rings (SSSR count). The van der Waals surface area contributed by atoms with E-state index in [2.05, 4.69) is 20.7 Å². The van der Waals surface area contributed by atoms with Crippen molar-refractivity contribution in [3.8, 4) is 0 Å². The second kappa shape index (κ2) is 11.8. The Bertz CT molecular complexity index is 646. The van der Waals surface area contributed by atoms with Gasteiger partial charge < -0.3 is 10.6 Å². The molecule has 0 atom stereocenters. The molecule has 0 spiro atoms. The lowest BCUT2D eigenvalue weighted by atomic mass is 10.1. The van der Waals surface area contributed by atoms with Crippen molar-refractivity contribution < 1.29 is 8.78 Å². The van der Waals surface area contributed by atoms with Gasteiger partial charge in [0, 0.05) is 38.6 Å². The van der Waals surface area contributed by atoms with E-state index in [9.17, 15) is 8.78 Å². The summed E-state index contributed by atoms with van der Waals surface area (Å²) in [6, 6.07) is 6.12. The molecule has 1 heterocycles. The Labute approximate surface area is 163 Å². The molecule has 25 heavy (non-hydrogen) atoms. The Morgan fingerprint density at radius 2 is 2.08 bits per heavy atom. The normalized spacial score (nSPS) is 11.1. The Morgan fingerprint density at radius 3 is 2.80 bits per heavy atom. The summed E-state index contributed by atoms with van der Waals surface area (Å²) in [6.45, 7) is 4.66. The van der Waals surface area contributed by atoms with E-state index in [4.69, 9.17) is 0 Å². The predicted octanol–water partition coefficient (Wildman–Crippen LogP) is 2.97. The molecule has 0 aliphatic heterocycles. The van der Waals surface area contributed by atoms with Crippen LogP contribution in [-0.2, 0) is 13.0 Å². The molecule has 2 N–H and O–H groups in total. The minimum atomic E-state index is -0.813. The summed E-state index contributed by atoms with van der Waals surface area (Å²) in [5, 5.41) is 10.4. The molecule has 1 aromatic heterocycles. The number of aliphatic imine (C=N–C) groups is 1. The van der Waals surface area contributed by atoms with Gasteiger partial charge in [-0.25, -0.2) is 8.78 Å². The first kappa shape index (κ1) is 21.3. The predicted molar refractivity (Wildman–Crippen MR) is 106 cm³/mol. The van der Waals surface area contributed by atoms with E-state index in [1.54, 1.807) is 12.3 Å². The Hall–Kier alpha value is -1.71. The van der Waals surface area contributed by atoms with Gasteiger partial charge >= 0.3 is 0 Å². The summed E-state index contributed by atoms with van der Waals surface area (Å²) in [5.74, 6) is -0.915. The van der Waals surface area contributed by atoms with E-state index in [0.29, 0.717) is 31.0 Å². The molecule has 0 bridgehead atoms. The molecule has 1 aromatic carbocycles. The lowest BCUT2D eigenvalue weighted by Gasteiger charge is -2.11. The molecule has 0 saturated heterocycles. The largest absolute Gasteiger partial charge is 0.357 e. The fourth-order valence-electron chi connectivity index (χ4n) is 2.26. The van der Waals surface area contributed by atoms with Crippen molar-refractivity contribution in [1.82, 2.24) is 20.4 Å². The van der Waals surface area contributed by atoms with Gasteiger partial charge in [-0.15, -0.1) is 24.0 Å². The van der Waals surface area contributed by atoms with E-state index in [1.807, 2.05) is 23.9 Å². The van der Waals surface area contributed by atoms with Crippen molar-refractivity contribution in [3.63, 3.8) is 0 Å². The maximum Gasteiger partial charge on any atom is 0.191 e. The molecule has 0 radical (unpaired) electrons. The lowest BCUT2D eigenvalue weighted by Crippen LogP contribution is -2.38. The molecule has 0 unspecified atom stereocenters. The number of guanidine groups is 1. The highest BCUT2D eigenvalue weighted by Crippen LogP contribution is 2.11. The summed E-state index contributed by atoms with van der Waals surface area (Å²) in [6.07, 6.45) is 4.93. The highest BCUT2D eigenvalue weighted by molar-refractivity contribution is 14.0. The maximum atomic E-state index is 13.6. The summed E-state index contributed by atoms with van der Waals surface area (Å²) in [7, 11) is 0. The molecule has 0 aliphatic rings. The Morgan fingerprint density at radius 1 is 1.24 bits per heavy atom. The van der Waals surface area contributed by atoms with E-state index in [0.717, 1.165) is 25.6 Å². The van der Waals surface area contributed by atoms with Crippen LogP contribution >= 0.6 is 24.0 Å². The van der Waals surface area contributed by atoms with Crippen LogP contribution in [0, 0.1) is 11.6 Å². The standard InChI is InChI=1S/C17H23F2N5.HI/c1-2-20-17(21-9-4-12-24-13-5-10-23-24)22-11-8-14-6-3-7-15(18)16(14)19;/h3,5-7,10,13H,2,4,8-9,11-12H2,1H3,(H2,20,21,22);1H. The van der Waals surface area contributed by atoms with Gasteiger partial charge in [-0.3, -0.25) is 9.67 Å². The minimum Gasteiger partial charge on any atom is -0.357 e. The number of nitrogens with one attached hydrogen (secondary N) is 2. The highest BCUT2D eigenvalue weighted by Gasteiger charge is 2.07. The van der Waals surface area contributed by atoms with Gasteiger partial charge in [0.15, 0.2) is 17.6 Å². The number of nitrogens with zero attached hydrogens (tertiary/aromatic N) is 3. The number of rotatable bonds is 8. The fourth-order valence-corrected chi connectivity index (χ4v) is 2.26. The van der Waals surface area contributed by atoms with Crippen molar-refractivity contribution in [2.45, 2.75) is 26.3 Å². The molecular formula is C17H24F2IN5. The number of halogens is 3. The molecule has 0 amide bonds. The average Bonchev–Trinajstić information content (AvgIpc) is 3.09. The third-order valence-electron chi connectivity index (χ3n) is 3.44. The summed E-state index contributed by atoms with van der Waals surface area (Å²) < 4.78 is 28.6. The molecule has 2 aromatic rings. The van der Waals surface area contributed by atoms with Crippen molar-refractivity contribution in [1.29, 1.82) is 0 Å².